The molecule has 0 amide bonds. The van der Waals surface area contributed by atoms with Crippen LogP contribution in [0.4, 0.5) is 0 Å². The van der Waals surface area contributed by atoms with Crippen LogP contribution in [0, 0.1) is 13.0 Å². The Morgan fingerprint density at radius 3 is 2.13 bits per heavy atom. The average Bonchev–Trinajstić information content (AvgIpc) is 2.49. The summed E-state index contributed by atoms with van der Waals surface area (Å²) in [6, 6.07) is 19.3. The quantitative estimate of drug-likeness (QED) is 0.489. The first-order chi connectivity index (χ1) is 10.1. The van der Waals surface area contributed by atoms with Gasteiger partial charge in [0.2, 0.25) is 0 Å². The molecule has 4 heteroatoms. The smallest absolute Gasteiger partial charge is 0.113 e. The van der Waals surface area contributed by atoms with E-state index < -0.39 is 0 Å². The number of hydrogen-bond donors (Lipinski definition) is 0. The maximum Gasteiger partial charge on any atom is 0.113 e. The average molecular weight is 415 g/mol. The van der Waals surface area contributed by atoms with Gasteiger partial charge in [0.05, 0.1) is 0 Å². The van der Waals surface area contributed by atoms with Crippen molar-refractivity contribution in [3.63, 3.8) is 0 Å². The molecule has 2 aromatic rings. The van der Waals surface area contributed by atoms with E-state index in [9.17, 15) is 0 Å². The molecule has 3 rings (SSSR count). The molecule has 23 heavy (non-hydrogen) atoms. The number of rotatable bonds is 1. The SMILES string of the molecule is Cc1[c-]ccc(C2CCC([NH-])CC2)c1.[B]c1ccccc1.[V].[Y]. The standard InChI is InChI=1S/C13H17N.C6H5B.V.Y/c1-10-3-2-4-12(9-10)11-5-7-13(14)8-6-11;7-6-4-2-1-3-5-6;;/h2,4,9,11,13-14H,5-8H2,1H3;1-5H;;/q-2;;;. The van der Waals surface area contributed by atoms with Crippen LogP contribution in [-0.2, 0) is 51.3 Å². The van der Waals surface area contributed by atoms with Gasteiger partial charge in [0.15, 0.2) is 0 Å². The zero-order valence-electron chi connectivity index (χ0n) is 13.7. The van der Waals surface area contributed by atoms with Gasteiger partial charge in [-0.05, 0) is 18.8 Å². The van der Waals surface area contributed by atoms with Crippen LogP contribution in [0.3, 0.4) is 0 Å². The molecule has 1 aliphatic rings. The van der Waals surface area contributed by atoms with Crippen LogP contribution in [0.5, 0.6) is 0 Å². The Balaban J connectivity index is 0.000000463. The van der Waals surface area contributed by atoms with Crippen molar-refractivity contribution in [3.8, 4) is 0 Å². The minimum Gasteiger partial charge on any atom is -0.675 e. The van der Waals surface area contributed by atoms with E-state index in [0.29, 0.717) is 5.92 Å². The molecule has 0 heterocycles. The van der Waals surface area contributed by atoms with E-state index in [-0.39, 0.29) is 57.3 Å². The molecular formula is C19H22BNVY-2. The Morgan fingerprint density at radius 2 is 1.65 bits per heavy atom. The van der Waals surface area contributed by atoms with Crippen LogP contribution in [-0.4, -0.2) is 13.9 Å². The molecule has 4 radical (unpaired) electrons. The maximum absolute atomic E-state index is 7.66. The second-order valence-corrected chi connectivity index (χ2v) is 5.76. The molecule has 2 aromatic carbocycles. The summed E-state index contributed by atoms with van der Waals surface area (Å²) in [4.78, 5) is 0. The maximum atomic E-state index is 7.66. The normalized spacial score (nSPS) is 19.4. The zero-order valence-corrected chi connectivity index (χ0v) is 17.9. The largest absolute Gasteiger partial charge is 0.675 e. The molecule has 1 N–H and O–H groups in total. The number of hydrogen-bond acceptors (Lipinski definition) is 0. The second kappa shape index (κ2) is 12.5. The van der Waals surface area contributed by atoms with Gasteiger partial charge < -0.3 is 5.73 Å². The third-order valence-corrected chi connectivity index (χ3v) is 3.97. The van der Waals surface area contributed by atoms with Crippen LogP contribution in [0.25, 0.3) is 5.73 Å². The first kappa shape index (κ1) is 23.2. The summed E-state index contributed by atoms with van der Waals surface area (Å²) in [6.07, 6.45) is 4.53. The van der Waals surface area contributed by atoms with E-state index in [4.69, 9.17) is 13.6 Å². The minimum atomic E-state index is 0. The van der Waals surface area contributed by atoms with Crippen molar-refractivity contribution in [1.29, 1.82) is 0 Å². The molecule has 1 saturated carbocycles. The van der Waals surface area contributed by atoms with Gasteiger partial charge in [-0.15, -0.1) is 6.04 Å². The molecule has 1 nitrogen and oxygen atoms in total. The molecule has 0 saturated heterocycles. The fourth-order valence-corrected chi connectivity index (χ4v) is 2.74. The predicted molar refractivity (Wildman–Crippen MR) is 91.2 cm³/mol. The summed E-state index contributed by atoms with van der Waals surface area (Å²) in [6.45, 7) is 2.10. The van der Waals surface area contributed by atoms with Crippen molar-refractivity contribution in [2.24, 2.45) is 0 Å². The molecule has 116 valence electrons. The molecule has 0 spiro atoms. The zero-order chi connectivity index (χ0) is 15.1. The first-order valence-electron chi connectivity index (χ1n) is 7.65. The van der Waals surface area contributed by atoms with E-state index in [1.807, 2.05) is 36.4 Å². The van der Waals surface area contributed by atoms with Gasteiger partial charge in [-0.25, -0.2) is 0 Å². The van der Waals surface area contributed by atoms with Crippen LogP contribution in [0.1, 0.15) is 42.7 Å². The van der Waals surface area contributed by atoms with E-state index >= 15 is 0 Å². The number of benzene rings is 2. The first-order valence-corrected chi connectivity index (χ1v) is 7.65. The van der Waals surface area contributed by atoms with Crippen molar-refractivity contribution in [2.75, 3.05) is 0 Å². The predicted octanol–water partition coefficient (Wildman–Crippen LogP) is 4.35. The Hall–Kier alpha value is 0.153. The van der Waals surface area contributed by atoms with Crippen molar-refractivity contribution >= 4 is 13.3 Å². The fraction of sp³-hybridized carbons (Fsp3) is 0.368. The van der Waals surface area contributed by atoms with Crippen LogP contribution < -0.4 is 5.46 Å². The molecular weight excluding hydrogens is 393 g/mol. The van der Waals surface area contributed by atoms with Gasteiger partial charge in [0.1, 0.15) is 7.85 Å². The topological polar surface area (TPSA) is 23.8 Å². The van der Waals surface area contributed by atoms with Crippen molar-refractivity contribution in [1.82, 2.24) is 0 Å². The summed E-state index contributed by atoms with van der Waals surface area (Å²) in [5.74, 6) is 0.699. The second-order valence-electron chi connectivity index (χ2n) is 5.76. The van der Waals surface area contributed by atoms with Gasteiger partial charge in [0.25, 0.3) is 0 Å². The van der Waals surface area contributed by atoms with Crippen LogP contribution in [0.15, 0.2) is 48.5 Å². The Kier molecular flexibility index (Phi) is 12.6. The monoisotopic (exact) mass is 415 g/mol. The Bertz CT molecular complexity index is 542. The molecule has 1 aliphatic carbocycles. The summed E-state index contributed by atoms with van der Waals surface area (Å²) in [5.41, 5.74) is 11.2. The van der Waals surface area contributed by atoms with Crippen molar-refractivity contribution in [2.45, 2.75) is 44.6 Å². The van der Waals surface area contributed by atoms with Gasteiger partial charge in [-0.1, -0.05) is 55.6 Å². The van der Waals surface area contributed by atoms with Gasteiger partial charge >= 0.3 is 0 Å². The summed E-state index contributed by atoms with van der Waals surface area (Å²) in [7, 11) is 5.36. The van der Waals surface area contributed by atoms with Gasteiger partial charge in [-0.3, -0.25) is 0 Å². The van der Waals surface area contributed by atoms with Gasteiger partial charge in [0, 0.05) is 51.3 Å². The van der Waals surface area contributed by atoms with Crippen LogP contribution >= 0.6 is 0 Å². The summed E-state index contributed by atoms with van der Waals surface area (Å²) >= 11 is 0. The third kappa shape index (κ3) is 8.70. The van der Waals surface area contributed by atoms with Crippen molar-refractivity contribution in [3.05, 3.63) is 71.5 Å². The summed E-state index contributed by atoms with van der Waals surface area (Å²) in [5, 5.41) is 0. The molecule has 0 bridgehead atoms. The van der Waals surface area contributed by atoms with E-state index in [1.165, 1.54) is 24.0 Å². The van der Waals surface area contributed by atoms with E-state index in [1.54, 1.807) is 0 Å². The van der Waals surface area contributed by atoms with Crippen LogP contribution in [0.2, 0.25) is 0 Å². The number of nitrogens with one attached hydrogen (secondary N) is 1. The number of aryl methyl sites for hydroxylation is 1. The molecule has 0 atom stereocenters. The molecule has 0 aromatic heterocycles. The Labute approximate surface area is 179 Å². The van der Waals surface area contributed by atoms with Crippen molar-refractivity contribution < 1.29 is 51.3 Å². The third-order valence-electron chi connectivity index (χ3n) is 3.97. The fourth-order valence-electron chi connectivity index (χ4n) is 2.74. The molecule has 0 unspecified atom stereocenters. The Morgan fingerprint density at radius 1 is 1.04 bits per heavy atom. The van der Waals surface area contributed by atoms with E-state index in [2.05, 4.69) is 25.1 Å². The molecule has 0 aliphatic heterocycles. The molecule has 1 fully saturated rings. The van der Waals surface area contributed by atoms with E-state index in [0.717, 1.165) is 18.3 Å². The van der Waals surface area contributed by atoms with Gasteiger partial charge in [-0.2, -0.15) is 35.4 Å². The summed E-state index contributed by atoms with van der Waals surface area (Å²) < 4.78 is 0. The minimum absolute atomic E-state index is 0.